The maximum absolute atomic E-state index is 13.6. The Balaban J connectivity index is 1.63. The lowest BCUT2D eigenvalue weighted by molar-refractivity contribution is 0.0595. The summed E-state index contributed by atoms with van der Waals surface area (Å²) in [7, 11) is 1.94. The van der Waals surface area contributed by atoms with Crippen molar-refractivity contribution in [2.45, 2.75) is 32.9 Å². The minimum atomic E-state index is -0.0666. The SMILES string of the molecule is C=CCCn1cc(-c2cc(C(=O)N3CCN(C(C)C)CC3)cc3c2ncn3C)c2cc[nH]c2c1=O. The van der Waals surface area contributed by atoms with E-state index in [1.807, 2.05) is 40.9 Å². The second-order valence-corrected chi connectivity index (χ2v) is 9.55. The Kier molecular flexibility index (Phi) is 6.06. The smallest absolute Gasteiger partial charge is 0.274 e. The molecule has 5 rings (SSSR count). The number of carbonyl (C=O) groups is 1. The molecule has 1 aromatic carbocycles. The maximum atomic E-state index is 13.6. The number of aryl methyl sites for hydroxylation is 2. The summed E-state index contributed by atoms with van der Waals surface area (Å²) in [4.78, 5) is 38.7. The van der Waals surface area contributed by atoms with Crippen molar-refractivity contribution in [1.29, 1.82) is 0 Å². The molecule has 0 atom stereocenters. The highest BCUT2D eigenvalue weighted by molar-refractivity contribution is 6.06. The number of piperazine rings is 1. The van der Waals surface area contributed by atoms with Crippen molar-refractivity contribution in [3.05, 3.63) is 65.5 Å². The molecule has 1 aliphatic rings. The fraction of sp³-hybridized carbons (Fsp3) is 0.370. The zero-order chi connectivity index (χ0) is 24.7. The number of nitrogens with one attached hydrogen (secondary N) is 1. The molecule has 0 saturated carbocycles. The van der Waals surface area contributed by atoms with Crippen molar-refractivity contribution in [2.75, 3.05) is 26.2 Å². The molecule has 0 bridgehead atoms. The van der Waals surface area contributed by atoms with Crippen LogP contribution in [0.25, 0.3) is 33.1 Å². The Bertz CT molecular complexity index is 1470. The molecule has 1 N–H and O–H groups in total. The first-order chi connectivity index (χ1) is 16.9. The Morgan fingerprint density at radius 2 is 1.97 bits per heavy atom. The van der Waals surface area contributed by atoms with Gasteiger partial charge in [-0.15, -0.1) is 6.58 Å². The number of imidazole rings is 1. The van der Waals surface area contributed by atoms with Crippen molar-refractivity contribution in [3.8, 4) is 11.1 Å². The average Bonchev–Trinajstić information content (AvgIpc) is 3.50. The number of rotatable bonds is 6. The van der Waals surface area contributed by atoms with Gasteiger partial charge in [-0.3, -0.25) is 14.5 Å². The van der Waals surface area contributed by atoms with Crippen LogP contribution in [0.4, 0.5) is 0 Å². The Morgan fingerprint density at radius 1 is 1.20 bits per heavy atom. The summed E-state index contributed by atoms with van der Waals surface area (Å²) in [5, 5.41) is 0.826. The van der Waals surface area contributed by atoms with E-state index in [2.05, 4.69) is 35.3 Å². The number of fused-ring (bicyclic) bond motifs is 2. The lowest BCUT2D eigenvalue weighted by Gasteiger charge is -2.37. The van der Waals surface area contributed by atoms with Crippen molar-refractivity contribution >= 4 is 27.8 Å². The third-order valence-corrected chi connectivity index (χ3v) is 7.07. The highest BCUT2D eigenvalue weighted by Gasteiger charge is 2.25. The minimum Gasteiger partial charge on any atom is -0.357 e. The third-order valence-electron chi connectivity index (χ3n) is 7.07. The number of allylic oxidation sites excluding steroid dienone is 1. The highest BCUT2D eigenvalue weighted by Crippen LogP contribution is 2.33. The van der Waals surface area contributed by atoms with E-state index in [0.717, 1.165) is 40.6 Å². The van der Waals surface area contributed by atoms with Crippen molar-refractivity contribution in [3.63, 3.8) is 0 Å². The maximum Gasteiger partial charge on any atom is 0.274 e. The normalized spacial score (nSPS) is 14.9. The van der Waals surface area contributed by atoms with Crippen LogP contribution in [-0.4, -0.2) is 67.0 Å². The lowest BCUT2D eigenvalue weighted by Crippen LogP contribution is -2.50. The van der Waals surface area contributed by atoms with Gasteiger partial charge in [-0.05, 0) is 38.5 Å². The molecule has 8 heteroatoms. The van der Waals surface area contributed by atoms with Crippen molar-refractivity contribution in [1.82, 2.24) is 28.9 Å². The largest absolute Gasteiger partial charge is 0.357 e. The van der Waals surface area contributed by atoms with Crippen LogP contribution < -0.4 is 5.56 Å². The molecule has 1 aliphatic heterocycles. The molecule has 1 amide bonds. The van der Waals surface area contributed by atoms with E-state index < -0.39 is 0 Å². The molecule has 0 aliphatic carbocycles. The molecular formula is C27H32N6O2. The fourth-order valence-electron chi connectivity index (χ4n) is 4.99. The summed E-state index contributed by atoms with van der Waals surface area (Å²) in [6, 6.07) is 6.27. The van der Waals surface area contributed by atoms with Gasteiger partial charge in [-0.2, -0.15) is 0 Å². The molecule has 0 unspecified atom stereocenters. The Hall–Kier alpha value is -3.65. The average molecular weight is 473 g/mol. The van der Waals surface area contributed by atoms with Gasteiger partial charge < -0.3 is 19.0 Å². The summed E-state index contributed by atoms with van der Waals surface area (Å²) in [6.07, 6.45) is 7.94. The molecule has 1 saturated heterocycles. The summed E-state index contributed by atoms with van der Waals surface area (Å²) in [5.41, 5.74) is 4.56. The van der Waals surface area contributed by atoms with Gasteiger partial charge in [-0.1, -0.05) is 6.08 Å². The minimum absolute atomic E-state index is 0.0306. The van der Waals surface area contributed by atoms with E-state index in [4.69, 9.17) is 0 Å². The number of hydrogen-bond donors (Lipinski definition) is 1. The van der Waals surface area contributed by atoms with E-state index in [1.54, 1.807) is 23.2 Å². The van der Waals surface area contributed by atoms with Crippen LogP contribution in [0, 0.1) is 0 Å². The van der Waals surface area contributed by atoms with Crippen LogP contribution in [0.3, 0.4) is 0 Å². The summed E-state index contributed by atoms with van der Waals surface area (Å²) >= 11 is 0. The number of H-pyrrole nitrogens is 1. The number of amides is 1. The molecular weight excluding hydrogens is 440 g/mol. The summed E-state index contributed by atoms with van der Waals surface area (Å²) < 4.78 is 3.65. The standard InChI is InChI=1S/C27H32N6O2/c1-5-6-9-33-16-22(20-7-8-28-25(20)27(33)35)21-14-19(15-23-24(21)29-17-30(23)4)26(34)32-12-10-31(11-13-32)18(2)3/h5,7-8,14-18,28H,1,6,9-13H2,2-4H3. The van der Waals surface area contributed by atoms with Gasteiger partial charge in [0.05, 0.1) is 17.4 Å². The van der Waals surface area contributed by atoms with Gasteiger partial charge in [0, 0.05) is 80.3 Å². The molecule has 4 aromatic rings. The molecule has 182 valence electrons. The van der Waals surface area contributed by atoms with E-state index >= 15 is 0 Å². The molecule has 3 aromatic heterocycles. The van der Waals surface area contributed by atoms with E-state index in [0.29, 0.717) is 43.2 Å². The molecule has 1 fully saturated rings. The van der Waals surface area contributed by atoms with E-state index in [-0.39, 0.29) is 11.5 Å². The fourth-order valence-corrected chi connectivity index (χ4v) is 4.99. The predicted octanol–water partition coefficient (Wildman–Crippen LogP) is 3.63. The van der Waals surface area contributed by atoms with Gasteiger partial charge in [0.1, 0.15) is 5.52 Å². The second-order valence-electron chi connectivity index (χ2n) is 9.55. The van der Waals surface area contributed by atoms with Crippen LogP contribution in [0.1, 0.15) is 30.6 Å². The third kappa shape index (κ3) is 4.08. The predicted molar refractivity (Wildman–Crippen MR) is 140 cm³/mol. The summed E-state index contributed by atoms with van der Waals surface area (Å²) in [5.74, 6) is 0.0306. The molecule has 35 heavy (non-hydrogen) atoms. The molecule has 0 radical (unpaired) electrons. The number of nitrogens with zero attached hydrogens (tertiary/aromatic N) is 5. The first-order valence-corrected chi connectivity index (χ1v) is 12.2. The quantitative estimate of drug-likeness (QED) is 0.435. The topological polar surface area (TPSA) is 79.2 Å². The summed E-state index contributed by atoms with van der Waals surface area (Å²) in [6.45, 7) is 11.9. The number of aromatic nitrogens is 4. The lowest BCUT2D eigenvalue weighted by atomic mass is 9.99. The zero-order valence-electron chi connectivity index (χ0n) is 20.6. The number of hydrogen-bond acceptors (Lipinski definition) is 4. The van der Waals surface area contributed by atoms with Gasteiger partial charge in [0.2, 0.25) is 0 Å². The van der Waals surface area contributed by atoms with Crippen LogP contribution in [0.15, 0.2) is 54.4 Å². The van der Waals surface area contributed by atoms with Crippen LogP contribution in [0.2, 0.25) is 0 Å². The van der Waals surface area contributed by atoms with Crippen LogP contribution in [-0.2, 0) is 13.6 Å². The van der Waals surface area contributed by atoms with Gasteiger partial charge in [0.25, 0.3) is 11.5 Å². The Morgan fingerprint density at radius 3 is 2.69 bits per heavy atom. The first-order valence-electron chi connectivity index (χ1n) is 12.2. The number of benzene rings is 1. The monoisotopic (exact) mass is 472 g/mol. The van der Waals surface area contributed by atoms with Gasteiger partial charge in [-0.25, -0.2) is 4.98 Å². The number of carbonyl (C=O) groups excluding carboxylic acids is 1. The van der Waals surface area contributed by atoms with Gasteiger partial charge in [0.15, 0.2) is 0 Å². The van der Waals surface area contributed by atoms with E-state index in [9.17, 15) is 9.59 Å². The second kappa shape index (κ2) is 9.19. The molecule has 0 spiro atoms. The van der Waals surface area contributed by atoms with E-state index in [1.165, 1.54) is 0 Å². The molecule has 8 nitrogen and oxygen atoms in total. The van der Waals surface area contributed by atoms with Crippen molar-refractivity contribution < 1.29 is 4.79 Å². The Labute approximate surface area is 204 Å². The van der Waals surface area contributed by atoms with Gasteiger partial charge >= 0.3 is 0 Å². The highest BCUT2D eigenvalue weighted by atomic mass is 16.2. The van der Waals surface area contributed by atoms with Crippen LogP contribution >= 0.6 is 0 Å². The zero-order valence-corrected chi connectivity index (χ0v) is 20.6. The number of pyridine rings is 1. The van der Waals surface area contributed by atoms with Crippen molar-refractivity contribution in [2.24, 2.45) is 7.05 Å². The number of aromatic amines is 1. The van der Waals surface area contributed by atoms with Crippen LogP contribution in [0.5, 0.6) is 0 Å². The molecule has 4 heterocycles. The first kappa shape index (κ1) is 23.1.